The summed E-state index contributed by atoms with van der Waals surface area (Å²) < 4.78 is 9.99. The number of amides is 2. The van der Waals surface area contributed by atoms with Crippen molar-refractivity contribution in [3.05, 3.63) is 29.8 Å². The number of ether oxygens (including phenoxy) is 2. The highest BCUT2D eigenvalue weighted by molar-refractivity contribution is 6.02. The summed E-state index contributed by atoms with van der Waals surface area (Å²) in [4.78, 5) is 39.4. The zero-order valence-electron chi connectivity index (χ0n) is 14.0. The van der Waals surface area contributed by atoms with Crippen molar-refractivity contribution in [1.29, 1.82) is 0 Å². The van der Waals surface area contributed by atoms with Crippen molar-refractivity contribution in [1.82, 2.24) is 4.90 Å². The Morgan fingerprint density at radius 1 is 1.21 bits per heavy atom. The van der Waals surface area contributed by atoms with Crippen LogP contribution in [-0.4, -0.2) is 62.6 Å². The highest BCUT2D eigenvalue weighted by Gasteiger charge is 2.22. The Morgan fingerprint density at radius 3 is 2.50 bits per heavy atom. The summed E-state index contributed by atoms with van der Waals surface area (Å²) in [6.45, 7) is 3.82. The highest BCUT2D eigenvalue weighted by atomic mass is 16.5. The van der Waals surface area contributed by atoms with Crippen LogP contribution < -0.4 is 4.90 Å². The molecule has 1 fully saturated rings. The molecule has 0 saturated carbocycles. The fraction of sp³-hybridized carbons (Fsp3) is 0.471. The first-order valence-electron chi connectivity index (χ1n) is 7.85. The summed E-state index contributed by atoms with van der Waals surface area (Å²) >= 11 is 0. The third-order valence-corrected chi connectivity index (χ3v) is 3.89. The molecule has 0 unspecified atom stereocenters. The molecule has 1 aliphatic heterocycles. The van der Waals surface area contributed by atoms with E-state index in [0.29, 0.717) is 37.6 Å². The van der Waals surface area contributed by atoms with Gasteiger partial charge < -0.3 is 19.3 Å². The molecule has 0 aliphatic carbocycles. The number of hydrogen-bond donors (Lipinski definition) is 0. The maximum absolute atomic E-state index is 12.3. The lowest BCUT2D eigenvalue weighted by Crippen LogP contribution is -2.42. The molecule has 7 nitrogen and oxygen atoms in total. The van der Waals surface area contributed by atoms with Crippen LogP contribution in [-0.2, 0) is 19.1 Å². The second-order valence-corrected chi connectivity index (χ2v) is 5.42. The van der Waals surface area contributed by atoms with E-state index in [-0.39, 0.29) is 24.8 Å². The van der Waals surface area contributed by atoms with Crippen LogP contribution in [0.25, 0.3) is 0 Å². The molecule has 24 heavy (non-hydrogen) atoms. The first-order valence-corrected chi connectivity index (χ1v) is 7.85. The predicted octanol–water partition coefficient (Wildman–Crippen LogP) is 1.07. The zero-order chi connectivity index (χ0) is 17.5. The Labute approximate surface area is 141 Å². The number of esters is 1. The summed E-state index contributed by atoms with van der Waals surface area (Å²) in [6.07, 6.45) is 0.190. The minimum Gasteiger partial charge on any atom is -0.465 e. The number of carbonyl (C=O) groups excluding carboxylic acids is 3. The van der Waals surface area contributed by atoms with E-state index >= 15 is 0 Å². The lowest BCUT2D eigenvalue weighted by molar-refractivity contribution is -0.135. The van der Waals surface area contributed by atoms with Crippen molar-refractivity contribution in [3.63, 3.8) is 0 Å². The lowest BCUT2D eigenvalue weighted by Gasteiger charge is -2.28. The smallest absolute Gasteiger partial charge is 0.339 e. The highest BCUT2D eigenvalue weighted by Crippen LogP contribution is 2.22. The van der Waals surface area contributed by atoms with Gasteiger partial charge in [-0.15, -0.1) is 0 Å². The standard InChI is InChI=1S/C17H22N2O5/c1-13(20)19(8-7-16(21)18-9-11-24-12-10-18)15-6-4-3-5-14(15)17(22)23-2/h3-6H,7-12H2,1-2H3. The molecule has 2 rings (SSSR count). The fourth-order valence-corrected chi connectivity index (χ4v) is 2.62. The molecule has 130 valence electrons. The topological polar surface area (TPSA) is 76.2 Å². The van der Waals surface area contributed by atoms with Crippen LogP contribution >= 0.6 is 0 Å². The number of methoxy groups -OCH3 is 1. The molecule has 1 aliphatic rings. The van der Waals surface area contributed by atoms with Crippen molar-refractivity contribution in [2.45, 2.75) is 13.3 Å². The third-order valence-electron chi connectivity index (χ3n) is 3.89. The van der Waals surface area contributed by atoms with Gasteiger partial charge in [-0.25, -0.2) is 4.79 Å². The van der Waals surface area contributed by atoms with Crippen molar-refractivity contribution >= 4 is 23.5 Å². The number of para-hydroxylation sites is 1. The number of hydrogen-bond acceptors (Lipinski definition) is 5. The Kier molecular flexibility index (Phi) is 6.31. The van der Waals surface area contributed by atoms with Gasteiger partial charge in [0.2, 0.25) is 11.8 Å². The van der Waals surface area contributed by atoms with E-state index in [1.54, 1.807) is 29.2 Å². The van der Waals surface area contributed by atoms with Crippen LogP contribution in [0.2, 0.25) is 0 Å². The van der Waals surface area contributed by atoms with E-state index < -0.39 is 5.97 Å². The normalized spacial score (nSPS) is 14.2. The molecule has 1 aromatic carbocycles. The average molecular weight is 334 g/mol. The van der Waals surface area contributed by atoms with Crippen LogP contribution in [0.1, 0.15) is 23.7 Å². The van der Waals surface area contributed by atoms with Gasteiger partial charge in [0.05, 0.1) is 31.6 Å². The van der Waals surface area contributed by atoms with Crippen LogP contribution in [0.15, 0.2) is 24.3 Å². The lowest BCUT2D eigenvalue weighted by atomic mass is 10.1. The first-order chi connectivity index (χ1) is 11.5. The molecule has 0 aromatic heterocycles. The van der Waals surface area contributed by atoms with E-state index in [0.717, 1.165) is 0 Å². The Bertz CT molecular complexity index is 611. The van der Waals surface area contributed by atoms with Gasteiger partial charge in [-0.2, -0.15) is 0 Å². The van der Waals surface area contributed by atoms with Crippen molar-refractivity contribution in [3.8, 4) is 0 Å². The van der Waals surface area contributed by atoms with Crippen LogP contribution in [0.5, 0.6) is 0 Å². The molecule has 1 heterocycles. The van der Waals surface area contributed by atoms with E-state index in [9.17, 15) is 14.4 Å². The maximum atomic E-state index is 12.3. The molecule has 2 amide bonds. The minimum absolute atomic E-state index is 0.0277. The van der Waals surface area contributed by atoms with Crippen molar-refractivity contribution in [2.24, 2.45) is 0 Å². The van der Waals surface area contributed by atoms with Gasteiger partial charge in [0.25, 0.3) is 0 Å². The number of carbonyl (C=O) groups is 3. The molecule has 1 aromatic rings. The molecular formula is C17H22N2O5. The van der Waals surface area contributed by atoms with Gasteiger partial charge >= 0.3 is 5.97 Å². The molecule has 0 atom stereocenters. The molecule has 1 saturated heterocycles. The van der Waals surface area contributed by atoms with Gasteiger partial charge in [-0.05, 0) is 12.1 Å². The Balaban J connectivity index is 2.11. The maximum Gasteiger partial charge on any atom is 0.339 e. The van der Waals surface area contributed by atoms with Crippen LogP contribution in [0, 0.1) is 0 Å². The second kappa shape index (κ2) is 8.44. The number of morpholine rings is 1. The van der Waals surface area contributed by atoms with E-state index in [4.69, 9.17) is 9.47 Å². The fourth-order valence-electron chi connectivity index (χ4n) is 2.62. The van der Waals surface area contributed by atoms with Gasteiger partial charge in [-0.3, -0.25) is 9.59 Å². The van der Waals surface area contributed by atoms with E-state index in [1.807, 2.05) is 0 Å². The summed E-state index contributed by atoms with van der Waals surface area (Å²) in [7, 11) is 1.29. The molecule has 0 spiro atoms. The number of nitrogens with zero attached hydrogens (tertiary/aromatic N) is 2. The van der Waals surface area contributed by atoms with Crippen LogP contribution in [0.3, 0.4) is 0 Å². The zero-order valence-corrected chi connectivity index (χ0v) is 14.0. The van der Waals surface area contributed by atoms with E-state index in [1.165, 1.54) is 18.9 Å². The third kappa shape index (κ3) is 4.32. The van der Waals surface area contributed by atoms with Crippen LogP contribution in [0.4, 0.5) is 5.69 Å². The molecule has 0 radical (unpaired) electrons. The Hall–Kier alpha value is -2.41. The van der Waals surface area contributed by atoms with Gasteiger partial charge in [-0.1, -0.05) is 12.1 Å². The number of rotatable bonds is 5. The molecule has 7 heteroatoms. The monoisotopic (exact) mass is 334 g/mol. The summed E-state index contributed by atoms with van der Waals surface area (Å²) in [5, 5.41) is 0. The number of benzene rings is 1. The molecular weight excluding hydrogens is 312 g/mol. The van der Waals surface area contributed by atoms with E-state index in [2.05, 4.69) is 0 Å². The van der Waals surface area contributed by atoms with Crippen molar-refractivity contribution in [2.75, 3.05) is 44.9 Å². The predicted molar refractivity (Wildman–Crippen MR) is 87.8 cm³/mol. The minimum atomic E-state index is -0.517. The summed E-state index contributed by atoms with van der Waals surface area (Å²) in [6, 6.07) is 6.71. The summed E-state index contributed by atoms with van der Waals surface area (Å²) in [5.41, 5.74) is 0.751. The second-order valence-electron chi connectivity index (χ2n) is 5.42. The molecule has 0 bridgehead atoms. The Morgan fingerprint density at radius 2 is 1.88 bits per heavy atom. The quantitative estimate of drug-likeness (QED) is 0.753. The number of anilines is 1. The van der Waals surface area contributed by atoms with Gasteiger partial charge in [0.1, 0.15) is 0 Å². The van der Waals surface area contributed by atoms with Gasteiger partial charge in [0.15, 0.2) is 0 Å². The van der Waals surface area contributed by atoms with Gasteiger partial charge in [0, 0.05) is 33.0 Å². The molecule has 0 N–H and O–H groups in total. The summed E-state index contributed by atoms with van der Waals surface area (Å²) in [5.74, 6) is -0.780. The SMILES string of the molecule is COC(=O)c1ccccc1N(CCC(=O)N1CCOCC1)C(C)=O. The van der Waals surface area contributed by atoms with Crippen molar-refractivity contribution < 1.29 is 23.9 Å². The first kappa shape index (κ1) is 17.9. The average Bonchev–Trinajstić information content (AvgIpc) is 2.62. The largest absolute Gasteiger partial charge is 0.465 e.